The molecular formula is C18H19FN2O2S2. The average Bonchev–Trinajstić information content (AvgIpc) is 2.89. The highest BCUT2D eigenvalue weighted by molar-refractivity contribution is 8.26. The van der Waals surface area contributed by atoms with Crippen molar-refractivity contribution in [1.29, 1.82) is 0 Å². The van der Waals surface area contributed by atoms with Gasteiger partial charge in [-0.1, -0.05) is 36.1 Å². The summed E-state index contributed by atoms with van der Waals surface area (Å²) in [4.78, 5) is 28.6. The number of piperidine rings is 1. The Bertz CT molecular complexity index is 712. The van der Waals surface area contributed by atoms with Crippen LogP contribution in [-0.4, -0.2) is 45.6 Å². The Morgan fingerprint density at radius 2 is 1.88 bits per heavy atom. The summed E-state index contributed by atoms with van der Waals surface area (Å²) in [6.07, 6.45) is 5.26. The van der Waals surface area contributed by atoms with Gasteiger partial charge in [0, 0.05) is 26.1 Å². The summed E-state index contributed by atoms with van der Waals surface area (Å²) < 4.78 is 13.4. The summed E-state index contributed by atoms with van der Waals surface area (Å²) >= 11 is 6.50. The van der Waals surface area contributed by atoms with Crippen molar-refractivity contribution >= 4 is 46.2 Å². The molecule has 2 saturated heterocycles. The van der Waals surface area contributed by atoms with E-state index in [1.807, 2.05) is 4.90 Å². The van der Waals surface area contributed by atoms with Crippen molar-refractivity contribution in [3.8, 4) is 0 Å². The Morgan fingerprint density at radius 1 is 1.20 bits per heavy atom. The van der Waals surface area contributed by atoms with Gasteiger partial charge in [-0.25, -0.2) is 4.39 Å². The summed E-state index contributed by atoms with van der Waals surface area (Å²) in [5.74, 6) is -0.428. The maximum absolute atomic E-state index is 13.0. The second-order valence-electron chi connectivity index (χ2n) is 6.08. The van der Waals surface area contributed by atoms with E-state index >= 15 is 0 Å². The molecule has 2 aliphatic rings. The van der Waals surface area contributed by atoms with Crippen molar-refractivity contribution in [2.45, 2.75) is 25.7 Å². The van der Waals surface area contributed by atoms with Gasteiger partial charge in [0.05, 0.1) is 4.91 Å². The molecule has 25 heavy (non-hydrogen) atoms. The van der Waals surface area contributed by atoms with Crippen LogP contribution in [0.15, 0.2) is 29.2 Å². The fourth-order valence-electron chi connectivity index (χ4n) is 2.91. The van der Waals surface area contributed by atoms with Crippen LogP contribution in [0.5, 0.6) is 0 Å². The molecule has 0 atom stereocenters. The van der Waals surface area contributed by atoms with Crippen molar-refractivity contribution in [3.05, 3.63) is 40.6 Å². The van der Waals surface area contributed by atoms with Crippen molar-refractivity contribution in [2.24, 2.45) is 0 Å². The van der Waals surface area contributed by atoms with Crippen LogP contribution in [0.3, 0.4) is 0 Å². The molecule has 0 aromatic heterocycles. The number of amides is 2. The number of nitrogens with zero attached hydrogens (tertiary/aromatic N) is 2. The number of halogens is 1. The van der Waals surface area contributed by atoms with Gasteiger partial charge in [-0.3, -0.25) is 14.5 Å². The van der Waals surface area contributed by atoms with Crippen LogP contribution < -0.4 is 0 Å². The maximum Gasteiger partial charge on any atom is 0.266 e. The minimum absolute atomic E-state index is 0.0799. The van der Waals surface area contributed by atoms with Crippen molar-refractivity contribution in [2.75, 3.05) is 19.6 Å². The lowest BCUT2D eigenvalue weighted by molar-refractivity contribution is -0.132. The van der Waals surface area contributed by atoms with E-state index in [4.69, 9.17) is 12.2 Å². The zero-order valence-electron chi connectivity index (χ0n) is 13.7. The number of likely N-dealkylation sites (tertiary alicyclic amines) is 1. The van der Waals surface area contributed by atoms with Crippen LogP contribution >= 0.6 is 24.0 Å². The summed E-state index contributed by atoms with van der Waals surface area (Å²) in [6.45, 7) is 1.92. The van der Waals surface area contributed by atoms with Gasteiger partial charge in [0.25, 0.3) is 5.91 Å². The van der Waals surface area contributed by atoms with E-state index in [1.165, 1.54) is 35.2 Å². The first-order chi connectivity index (χ1) is 12.0. The van der Waals surface area contributed by atoms with Gasteiger partial charge in [0.1, 0.15) is 10.1 Å². The number of thioether (sulfide) groups is 1. The van der Waals surface area contributed by atoms with E-state index in [2.05, 4.69) is 0 Å². The molecule has 2 aliphatic heterocycles. The molecule has 2 amide bonds. The molecule has 0 radical (unpaired) electrons. The smallest absolute Gasteiger partial charge is 0.266 e. The number of benzene rings is 1. The molecule has 1 aromatic rings. The Balaban J connectivity index is 1.61. The van der Waals surface area contributed by atoms with Crippen molar-refractivity contribution < 1.29 is 14.0 Å². The molecule has 0 bridgehead atoms. The zero-order chi connectivity index (χ0) is 17.8. The molecule has 0 aliphatic carbocycles. The first kappa shape index (κ1) is 18.1. The van der Waals surface area contributed by atoms with Crippen LogP contribution in [0.1, 0.15) is 31.2 Å². The largest absolute Gasteiger partial charge is 0.343 e. The van der Waals surface area contributed by atoms with Crippen molar-refractivity contribution in [3.63, 3.8) is 0 Å². The first-order valence-corrected chi connectivity index (χ1v) is 9.56. The summed E-state index contributed by atoms with van der Waals surface area (Å²) in [7, 11) is 0. The van der Waals surface area contributed by atoms with E-state index in [0.717, 1.165) is 31.5 Å². The third-order valence-electron chi connectivity index (χ3n) is 4.30. The Labute approximate surface area is 156 Å². The predicted molar refractivity (Wildman–Crippen MR) is 101 cm³/mol. The number of carbonyl (C=O) groups is 2. The van der Waals surface area contributed by atoms with E-state index < -0.39 is 0 Å². The monoisotopic (exact) mass is 378 g/mol. The number of rotatable bonds is 4. The summed E-state index contributed by atoms with van der Waals surface area (Å²) in [5.41, 5.74) is 0.742. The summed E-state index contributed by atoms with van der Waals surface area (Å²) in [5, 5.41) is 0. The predicted octanol–water partition coefficient (Wildman–Crippen LogP) is 3.43. The van der Waals surface area contributed by atoms with Crippen LogP contribution in [0.4, 0.5) is 4.39 Å². The van der Waals surface area contributed by atoms with Gasteiger partial charge < -0.3 is 4.90 Å². The molecule has 2 heterocycles. The van der Waals surface area contributed by atoms with Crippen LogP contribution in [-0.2, 0) is 9.59 Å². The lowest BCUT2D eigenvalue weighted by Gasteiger charge is -2.27. The molecule has 2 fully saturated rings. The van der Waals surface area contributed by atoms with Gasteiger partial charge >= 0.3 is 0 Å². The normalized spacial score (nSPS) is 19.8. The highest BCUT2D eigenvalue weighted by Gasteiger charge is 2.32. The highest BCUT2D eigenvalue weighted by atomic mass is 32.2. The third-order valence-corrected chi connectivity index (χ3v) is 5.68. The van der Waals surface area contributed by atoms with E-state index in [1.54, 1.807) is 18.2 Å². The zero-order valence-corrected chi connectivity index (χ0v) is 15.4. The van der Waals surface area contributed by atoms with Gasteiger partial charge in [-0.05, 0) is 43.0 Å². The van der Waals surface area contributed by atoms with Gasteiger partial charge in [-0.15, -0.1) is 0 Å². The first-order valence-electron chi connectivity index (χ1n) is 8.33. The van der Waals surface area contributed by atoms with E-state index in [0.29, 0.717) is 15.8 Å². The molecular weight excluding hydrogens is 359 g/mol. The van der Waals surface area contributed by atoms with E-state index in [-0.39, 0.29) is 24.1 Å². The number of thiocarbonyl (C=S) groups is 1. The average molecular weight is 378 g/mol. The molecule has 7 heteroatoms. The van der Waals surface area contributed by atoms with Crippen LogP contribution in [0.25, 0.3) is 6.08 Å². The SMILES string of the molecule is O=C(CCN1C(=O)/C(=C/c2ccc(F)cc2)SC1=S)N1CCCCC1. The molecule has 0 spiro atoms. The standard InChI is InChI=1S/C18H19FN2O2S2/c19-14-6-4-13(5-7-14)12-15-17(23)21(18(24)25-15)11-8-16(22)20-9-2-1-3-10-20/h4-7,12H,1-3,8-11H2/b15-12-. The van der Waals surface area contributed by atoms with E-state index in [9.17, 15) is 14.0 Å². The van der Waals surface area contributed by atoms with Crippen LogP contribution in [0.2, 0.25) is 0 Å². The molecule has 3 rings (SSSR count). The van der Waals surface area contributed by atoms with Crippen molar-refractivity contribution in [1.82, 2.24) is 9.80 Å². The fourth-order valence-corrected chi connectivity index (χ4v) is 4.22. The summed E-state index contributed by atoms with van der Waals surface area (Å²) in [6, 6.07) is 5.93. The Kier molecular flexibility index (Phi) is 5.86. The number of hydrogen-bond acceptors (Lipinski definition) is 4. The lowest BCUT2D eigenvalue weighted by Crippen LogP contribution is -2.38. The lowest BCUT2D eigenvalue weighted by atomic mass is 10.1. The van der Waals surface area contributed by atoms with Gasteiger partial charge in [0.15, 0.2) is 0 Å². The second kappa shape index (κ2) is 8.10. The molecule has 1 aromatic carbocycles. The molecule has 132 valence electrons. The minimum Gasteiger partial charge on any atom is -0.343 e. The third kappa shape index (κ3) is 4.46. The molecule has 4 nitrogen and oxygen atoms in total. The number of hydrogen-bond donors (Lipinski definition) is 0. The van der Waals surface area contributed by atoms with Gasteiger partial charge in [-0.2, -0.15) is 0 Å². The van der Waals surface area contributed by atoms with Gasteiger partial charge in [0.2, 0.25) is 5.91 Å². The Hall–Kier alpha value is -1.73. The number of carbonyl (C=O) groups excluding carboxylic acids is 2. The fraction of sp³-hybridized carbons (Fsp3) is 0.389. The highest BCUT2D eigenvalue weighted by Crippen LogP contribution is 2.32. The van der Waals surface area contributed by atoms with Crippen LogP contribution in [0, 0.1) is 5.82 Å². The second-order valence-corrected chi connectivity index (χ2v) is 7.75. The maximum atomic E-state index is 13.0. The topological polar surface area (TPSA) is 40.6 Å². The molecule has 0 N–H and O–H groups in total. The molecule has 0 unspecified atom stereocenters. The Morgan fingerprint density at radius 3 is 2.56 bits per heavy atom. The minimum atomic E-state index is -0.319. The molecule has 0 saturated carbocycles. The quantitative estimate of drug-likeness (QED) is 0.595.